The SMILES string of the molecule is COc1ccc(CC2=CCC[C@H]3C2=NN(c2ccccc2)[C@H]3c2ccc(OC)cc2)cc1. The minimum Gasteiger partial charge on any atom is -0.497 e. The average Bonchev–Trinajstić information content (AvgIpc) is 3.26. The van der Waals surface area contributed by atoms with Crippen LogP contribution in [0.1, 0.15) is 30.0 Å². The lowest BCUT2D eigenvalue weighted by Gasteiger charge is -2.30. The van der Waals surface area contributed by atoms with Crippen LogP contribution in [0.15, 0.2) is 95.6 Å². The molecule has 0 bridgehead atoms. The first-order chi connectivity index (χ1) is 15.8. The highest BCUT2D eigenvalue weighted by molar-refractivity contribution is 6.05. The maximum Gasteiger partial charge on any atom is 0.118 e. The third-order valence-corrected chi connectivity index (χ3v) is 6.44. The summed E-state index contributed by atoms with van der Waals surface area (Å²) < 4.78 is 10.7. The zero-order chi connectivity index (χ0) is 21.9. The summed E-state index contributed by atoms with van der Waals surface area (Å²) in [4.78, 5) is 0. The second-order valence-corrected chi connectivity index (χ2v) is 8.32. The first kappa shape index (κ1) is 20.4. The van der Waals surface area contributed by atoms with Gasteiger partial charge in [0.2, 0.25) is 0 Å². The number of nitrogens with zero attached hydrogens (tertiary/aromatic N) is 2. The highest BCUT2D eigenvalue weighted by atomic mass is 16.5. The van der Waals surface area contributed by atoms with Crippen molar-refractivity contribution in [2.75, 3.05) is 19.2 Å². The second-order valence-electron chi connectivity index (χ2n) is 8.32. The van der Waals surface area contributed by atoms with E-state index in [-0.39, 0.29) is 6.04 Å². The maximum absolute atomic E-state index is 5.39. The topological polar surface area (TPSA) is 34.1 Å². The molecule has 2 aliphatic rings. The normalized spacial score (nSPS) is 19.8. The monoisotopic (exact) mass is 424 g/mol. The lowest BCUT2D eigenvalue weighted by atomic mass is 9.78. The van der Waals surface area contributed by atoms with Crippen molar-refractivity contribution in [3.8, 4) is 11.5 Å². The van der Waals surface area contributed by atoms with Crippen LogP contribution in [0.4, 0.5) is 5.69 Å². The largest absolute Gasteiger partial charge is 0.497 e. The Hall–Kier alpha value is -3.53. The van der Waals surface area contributed by atoms with Gasteiger partial charge in [-0.25, -0.2) is 0 Å². The number of hydrazone groups is 1. The number of anilines is 1. The lowest BCUT2D eigenvalue weighted by Crippen LogP contribution is -2.27. The maximum atomic E-state index is 5.39. The van der Waals surface area contributed by atoms with Crippen molar-refractivity contribution in [3.63, 3.8) is 0 Å². The molecule has 1 aliphatic carbocycles. The van der Waals surface area contributed by atoms with Crippen LogP contribution in [0.5, 0.6) is 11.5 Å². The Morgan fingerprint density at radius 1 is 0.844 bits per heavy atom. The summed E-state index contributed by atoms with van der Waals surface area (Å²) in [5, 5.41) is 7.44. The number of fused-ring (bicyclic) bond motifs is 1. The van der Waals surface area contributed by atoms with E-state index >= 15 is 0 Å². The zero-order valence-electron chi connectivity index (χ0n) is 18.6. The van der Waals surface area contributed by atoms with Crippen LogP contribution in [-0.4, -0.2) is 19.9 Å². The molecule has 4 nitrogen and oxygen atoms in total. The van der Waals surface area contributed by atoms with E-state index in [9.17, 15) is 0 Å². The van der Waals surface area contributed by atoms with E-state index in [4.69, 9.17) is 14.6 Å². The third-order valence-electron chi connectivity index (χ3n) is 6.44. The highest BCUT2D eigenvalue weighted by Gasteiger charge is 2.41. The molecule has 0 amide bonds. The molecule has 162 valence electrons. The number of allylic oxidation sites excluding steroid dienone is 2. The van der Waals surface area contributed by atoms with Crippen LogP contribution in [-0.2, 0) is 6.42 Å². The molecule has 2 atom stereocenters. The standard InChI is InChI=1S/C28H28N2O2/c1-31-24-15-11-20(12-16-24)19-22-7-6-10-26-27(22)29-30(23-8-4-3-5-9-23)28(26)21-13-17-25(32-2)18-14-21/h3-5,7-9,11-18,26,28H,6,10,19H2,1-2H3/t26-,28-/m0/s1. The van der Waals surface area contributed by atoms with Gasteiger partial charge >= 0.3 is 0 Å². The van der Waals surface area contributed by atoms with Crippen molar-refractivity contribution in [2.24, 2.45) is 11.0 Å². The molecule has 0 radical (unpaired) electrons. The molecule has 0 spiro atoms. The Kier molecular flexibility index (Phi) is 5.68. The molecule has 0 aromatic heterocycles. The summed E-state index contributed by atoms with van der Waals surface area (Å²) in [6.45, 7) is 0. The van der Waals surface area contributed by atoms with Gasteiger partial charge < -0.3 is 9.47 Å². The van der Waals surface area contributed by atoms with Crippen molar-refractivity contribution < 1.29 is 9.47 Å². The van der Waals surface area contributed by atoms with E-state index in [0.717, 1.165) is 36.4 Å². The number of hydrogen-bond donors (Lipinski definition) is 0. The fraction of sp³-hybridized carbons (Fsp3) is 0.250. The van der Waals surface area contributed by atoms with Crippen molar-refractivity contribution in [2.45, 2.75) is 25.3 Å². The number of benzene rings is 3. The van der Waals surface area contributed by atoms with Gasteiger partial charge in [-0.05, 0) is 72.4 Å². The van der Waals surface area contributed by atoms with Gasteiger partial charge in [-0.15, -0.1) is 0 Å². The van der Waals surface area contributed by atoms with E-state index in [2.05, 4.69) is 65.7 Å². The first-order valence-electron chi connectivity index (χ1n) is 11.2. The minimum absolute atomic E-state index is 0.179. The second kappa shape index (κ2) is 8.91. The van der Waals surface area contributed by atoms with Crippen LogP contribution < -0.4 is 14.5 Å². The predicted octanol–water partition coefficient (Wildman–Crippen LogP) is 6.20. The molecule has 3 aromatic carbocycles. The van der Waals surface area contributed by atoms with Gasteiger partial charge in [0.15, 0.2) is 0 Å². The van der Waals surface area contributed by atoms with Crippen molar-refractivity contribution in [3.05, 3.63) is 102 Å². The summed E-state index contributed by atoms with van der Waals surface area (Å²) in [6, 6.07) is 27.5. The van der Waals surface area contributed by atoms with E-state index in [1.54, 1.807) is 14.2 Å². The molecule has 0 saturated heterocycles. The molecule has 0 saturated carbocycles. The van der Waals surface area contributed by atoms with Crippen LogP contribution in [0.2, 0.25) is 0 Å². The Morgan fingerprint density at radius 3 is 2.16 bits per heavy atom. The summed E-state index contributed by atoms with van der Waals surface area (Å²) >= 11 is 0. The van der Waals surface area contributed by atoms with Crippen molar-refractivity contribution >= 4 is 11.4 Å². The number of para-hydroxylation sites is 1. The lowest BCUT2D eigenvalue weighted by molar-refractivity contribution is 0.414. The smallest absolute Gasteiger partial charge is 0.118 e. The molecule has 1 aliphatic heterocycles. The zero-order valence-corrected chi connectivity index (χ0v) is 18.6. The van der Waals surface area contributed by atoms with Gasteiger partial charge in [0.05, 0.1) is 31.7 Å². The Balaban J connectivity index is 1.50. The molecule has 1 heterocycles. The van der Waals surface area contributed by atoms with Gasteiger partial charge in [0.25, 0.3) is 0 Å². The number of methoxy groups -OCH3 is 2. The molecular weight excluding hydrogens is 396 g/mol. The number of ether oxygens (including phenoxy) is 2. The van der Waals surface area contributed by atoms with Gasteiger partial charge in [0, 0.05) is 5.92 Å². The van der Waals surface area contributed by atoms with Gasteiger partial charge in [-0.3, -0.25) is 5.01 Å². The molecular formula is C28H28N2O2. The summed E-state index contributed by atoms with van der Waals surface area (Å²) in [5.41, 5.74) is 6.22. The molecule has 3 aromatic rings. The first-order valence-corrected chi connectivity index (χ1v) is 11.2. The predicted molar refractivity (Wildman–Crippen MR) is 130 cm³/mol. The average molecular weight is 425 g/mol. The van der Waals surface area contributed by atoms with Crippen LogP contribution in [0, 0.1) is 5.92 Å². The summed E-state index contributed by atoms with van der Waals surface area (Å²) in [5.74, 6) is 2.13. The molecule has 0 unspecified atom stereocenters. The summed E-state index contributed by atoms with van der Waals surface area (Å²) in [7, 11) is 3.41. The van der Waals surface area contributed by atoms with Crippen LogP contribution >= 0.6 is 0 Å². The number of rotatable bonds is 6. The fourth-order valence-corrected chi connectivity index (χ4v) is 4.81. The molecule has 5 rings (SSSR count). The van der Waals surface area contributed by atoms with Crippen molar-refractivity contribution in [1.82, 2.24) is 0 Å². The number of hydrogen-bond acceptors (Lipinski definition) is 4. The fourth-order valence-electron chi connectivity index (χ4n) is 4.81. The van der Waals surface area contributed by atoms with Gasteiger partial charge in [0.1, 0.15) is 11.5 Å². The highest BCUT2D eigenvalue weighted by Crippen LogP contribution is 2.45. The van der Waals surface area contributed by atoms with E-state index in [0.29, 0.717) is 5.92 Å². The molecule has 0 fully saturated rings. The summed E-state index contributed by atoms with van der Waals surface area (Å²) in [6.07, 6.45) is 5.44. The minimum atomic E-state index is 0.179. The Bertz CT molecular complexity index is 1120. The van der Waals surface area contributed by atoms with E-state index in [1.165, 1.54) is 22.4 Å². The Morgan fingerprint density at radius 2 is 1.50 bits per heavy atom. The molecule has 4 heteroatoms. The quantitative estimate of drug-likeness (QED) is 0.472. The van der Waals surface area contributed by atoms with Gasteiger partial charge in [-0.1, -0.05) is 48.5 Å². The Labute approximate surface area is 189 Å². The van der Waals surface area contributed by atoms with Crippen LogP contribution in [0.3, 0.4) is 0 Å². The molecule has 0 N–H and O–H groups in total. The van der Waals surface area contributed by atoms with E-state index in [1.807, 2.05) is 24.3 Å². The van der Waals surface area contributed by atoms with Crippen LogP contribution in [0.25, 0.3) is 0 Å². The van der Waals surface area contributed by atoms with Crippen molar-refractivity contribution in [1.29, 1.82) is 0 Å². The van der Waals surface area contributed by atoms with E-state index < -0.39 is 0 Å². The molecule has 32 heavy (non-hydrogen) atoms. The third kappa shape index (κ3) is 3.89. The van der Waals surface area contributed by atoms with Gasteiger partial charge in [-0.2, -0.15) is 5.10 Å².